The maximum Gasteiger partial charge on any atom is 0.411 e. The molecular weight excluding hydrogens is 370 g/mol. The minimum absolute atomic E-state index is 0.262. The first-order valence-electron chi connectivity index (χ1n) is 10.0. The summed E-state index contributed by atoms with van der Waals surface area (Å²) in [6.07, 6.45) is 0.590. The van der Waals surface area contributed by atoms with Gasteiger partial charge in [-0.2, -0.15) is 0 Å². The molecule has 6 heteroatoms. The van der Waals surface area contributed by atoms with E-state index in [0.29, 0.717) is 25.2 Å². The molecule has 0 saturated carbocycles. The Bertz CT molecular complexity index is 852. The SMILES string of the molecule is CCCOC(=O)N1C(C(=O)OCC)Cc2ccc(Oc3ccccc3)cc2C1C. The predicted molar refractivity (Wildman–Crippen MR) is 109 cm³/mol. The van der Waals surface area contributed by atoms with E-state index in [4.69, 9.17) is 14.2 Å². The van der Waals surface area contributed by atoms with E-state index in [1.165, 1.54) is 4.90 Å². The number of rotatable bonds is 6. The lowest BCUT2D eigenvalue weighted by Gasteiger charge is -2.39. The van der Waals surface area contributed by atoms with Gasteiger partial charge in [0.1, 0.15) is 17.5 Å². The van der Waals surface area contributed by atoms with E-state index in [1.54, 1.807) is 6.92 Å². The Kier molecular flexibility index (Phi) is 6.75. The topological polar surface area (TPSA) is 65.1 Å². The first-order valence-corrected chi connectivity index (χ1v) is 10.0. The highest BCUT2D eigenvalue weighted by Gasteiger charge is 2.41. The van der Waals surface area contributed by atoms with Crippen molar-refractivity contribution in [1.82, 2.24) is 4.90 Å². The lowest BCUT2D eigenvalue weighted by atomic mass is 9.89. The van der Waals surface area contributed by atoms with Crippen LogP contribution in [0.15, 0.2) is 48.5 Å². The smallest absolute Gasteiger partial charge is 0.411 e. The number of benzene rings is 2. The van der Waals surface area contributed by atoms with Gasteiger partial charge in [0.25, 0.3) is 0 Å². The van der Waals surface area contributed by atoms with Crippen molar-refractivity contribution < 1.29 is 23.8 Å². The van der Waals surface area contributed by atoms with E-state index in [1.807, 2.05) is 62.4 Å². The number of carbonyl (C=O) groups excluding carboxylic acids is 2. The molecule has 29 heavy (non-hydrogen) atoms. The van der Waals surface area contributed by atoms with Crippen LogP contribution in [0.4, 0.5) is 4.79 Å². The monoisotopic (exact) mass is 397 g/mol. The molecule has 1 aliphatic heterocycles. The average molecular weight is 397 g/mol. The second-order valence-corrected chi connectivity index (χ2v) is 6.95. The molecule has 0 aromatic heterocycles. The highest BCUT2D eigenvalue weighted by molar-refractivity contribution is 5.83. The van der Waals surface area contributed by atoms with Crippen molar-refractivity contribution in [3.8, 4) is 11.5 Å². The van der Waals surface area contributed by atoms with E-state index < -0.39 is 18.1 Å². The minimum atomic E-state index is -0.706. The molecule has 2 aromatic rings. The summed E-state index contributed by atoms with van der Waals surface area (Å²) in [4.78, 5) is 26.8. The zero-order valence-corrected chi connectivity index (χ0v) is 17.1. The molecule has 0 fully saturated rings. The van der Waals surface area contributed by atoms with E-state index in [0.717, 1.165) is 16.9 Å². The normalized spacial score (nSPS) is 18.0. The van der Waals surface area contributed by atoms with Crippen LogP contribution in [0.3, 0.4) is 0 Å². The zero-order chi connectivity index (χ0) is 20.8. The molecule has 154 valence electrons. The van der Waals surface area contributed by atoms with E-state index in [9.17, 15) is 9.59 Å². The van der Waals surface area contributed by atoms with Crippen LogP contribution in [0.1, 0.15) is 44.4 Å². The molecule has 2 atom stereocenters. The molecule has 0 spiro atoms. The van der Waals surface area contributed by atoms with Crippen LogP contribution in [-0.2, 0) is 20.7 Å². The molecule has 1 aliphatic rings. The van der Waals surface area contributed by atoms with E-state index in [-0.39, 0.29) is 12.6 Å². The Labute approximate surface area is 171 Å². The number of nitrogens with zero attached hydrogens (tertiary/aromatic N) is 1. The van der Waals surface area contributed by atoms with Crippen LogP contribution < -0.4 is 4.74 Å². The minimum Gasteiger partial charge on any atom is -0.464 e. The van der Waals surface area contributed by atoms with Gasteiger partial charge in [0, 0.05) is 6.42 Å². The zero-order valence-electron chi connectivity index (χ0n) is 17.1. The molecule has 1 heterocycles. The lowest BCUT2D eigenvalue weighted by Crippen LogP contribution is -2.51. The lowest BCUT2D eigenvalue weighted by molar-refractivity contribution is -0.150. The molecule has 0 N–H and O–H groups in total. The third-order valence-corrected chi connectivity index (χ3v) is 4.91. The second kappa shape index (κ2) is 9.45. The van der Waals surface area contributed by atoms with E-state index in [2.05, 4.69) is 0 Å². The number of para-hydroxylation sites is 1. The maximum atomic E-state index is 12.7. The molecule has 2 aromatic carbocycles. The Balaban J connectivity index is 1.91. The van der Waals surface area contributed by atoms with Gasteiger partial charge in [0.05, 0.1) is 19.3 Å². The van der Waals surface area contributed by atoms with Crippen LogP contribution in [0, 0.1) is 0 Å². The van der Waals surface area contributed by atoms with Crippen molar-refractivity contribution in [3.63, 3.8) is 0 Å². The van der Waals surface area contributed by atoms with E-state index >= 15 is 0 Å². The average Bonchev–Trinajstić information content (AvgIpc) is 2.73. The molecule has 1 amide bonds. The van der Waals surface area contributed by atoms with Gasteiger partial charge in [-0.05, 0) is 55.7 Å². The first kappa shape index (κ1) is 20.7. The molecular formula is C23H27NO5. The largest absolute Gasteiger partial charge is 0.464 e. The van der Waals surface area contributed by atoms with Gasteiger partial charge in [-0.1, -0.05) is 31.2 Å². The molecule has 0 radical (unpaired) electrons. The Morgan fingerprint density at radius 1 is 1.03 bits per heavy atom. The number of hydrogen-bond acceptors (Lipinski definition) is 5. The molecule has 3 rings (SSSR count). The predicted octanol–water partition coefficient (Wildman–Crippen LogP) is 4.88. The Morgan fingerprint density at radius 3 is 2.48 bits per heavy atom. The van der Waals surface area contributed by atoms with Gasteiger partial charge in [-0.25, -0.2) is 9.59 Å². The summed E-state index contributed by atoms with van der Waals surface area (Å²) in [5.41, 5.74) is 1.93. The summed E-state index contributed by atoms with van der Waals surface area (Å²) in [5.74, 6) is 1.00. The van der Waals surface area contributed by atoms with Gasteiger partial charge < -0.3 is 14.2 Å². The summed E-state index contributed by atoms with van der Waals surface area (Å²) >= 11 is 0. The highest BCUT2D eigenvalue weighted by atomic mass is 16.6. The van der Waals surface area contributed by atoms with Gasteiger partial charge >= 0.3 is 12.1 Å². The van der Waals surface area contributed by atoms with Crippen molar-refractivity contribution in [3.05, 3.63) is 59.7 Å². The van der Waals surface area contributed by atoms with Crippen molar-refractivity contribution in [2.75, 3.05) is 13.2 Å². The molecule has 2 unspecified atom stereocenters. The fourth-order valence-corrected chi connectivity index (χ4v) is 3.55. The number of amides is 1. The maximum absolute atomic E-state index is 12.7. The van der Waals surface area contributed by atoms with Crippen molar-refractivity contribution in [2.45, 2.75) is 45.7 Å². The number of carbonyl (C=O) groups is 2. The third-order valence-electron chi connectivity index (χ3n) is 4.91. The summed E-state index contributed by atoms with van der Waals surface area (Å²) in [6.45, 7) is 6.15. The quantitative estimate of drug-likeness (QED) is 0.650. The van der Waals surface area contributed by atoms with Gasteiger partial charge in [-0.15, -0.1) is 0 Å². The van der Waals surface area contributed by atoms with Crippen LogP contribution in [0.2, 0.25) is 0 Å². The van der Waals surface area contributed by atoms with Crippen LogP contribution in [0.5, 0.6) is 11.5 Å². The molecule has 0 bridgehead atoms. The van der Waals surface area contributed by atoms with Crippen molar-refractivity contribution >= 4 is 12.1 Å². The van der Waals surface area contributed by atoms with Crippen LogP contribution >= 0.6 is 0 Å². The summed E-state index contributed by atoms with van der Waals surface area (Å²) < 4.78 is 16.5. The summed E-state index contributed by atoms with van der Waals surface area (Å²) in [6, 6.07) is 14.2. The number of ether oxygens (including phenoxy) is 3. The first-order chi connectivity index (χ1) is 14.0. The third kappa shape index (κ3) is 4.70. The number of hydrogen-bond donors (Lipinski definition) is 0. The summed E-state index contributed by atoms with van der Waals surface area (Å²) in [7, 11) is 0. The fourth-order valence-electron chi connectivity index (χ4n) is 3.55. The van der Waals surface area contributed by atoms with Gasteiger partial charge in [0.15, 0.2) is 0 Å². The Hall–Kier alpha value is -3.02. The number of fused-ring (bicyclic) bond motifs is 1. The number of esters is 1. The Morgan fingerprint density at radius 2 is 1.79 bits per heavy atom. The van der Waals surface area contributed by atoms with Crippen LogP contribution in [-0.4, -0.2) is 36.2 Å². The van der Waals surface area contributed by atoms with Crippen LogP contribution in [0.25, 0.3) is 0 Å². The summed E-state index contributed by atoms with van der Waals surface area (Å²) in [5, 5.41) is 0. The van der Waals surface area contributed by atoms with Gasteiger partial charge in [-0.3, -0.25) is 4.90 Å². The van der Waals surface area contributed by atoms with Crippen molar-refractivity contribution in [1.29, 1.82) is 0 Å². The van der Waals surface area contributed by atoms with Crippen molar-refractivity contribution in [2.24, 2.45) is 0 Å². The van der Waals surface area contributed by atoms with Gasteiger partial charge in [0.2, 0.25) is 0 Å². The standard InChI is InChI=1S/C23H27NO5/c1-4-13-28-23(26)24-16(3)20-15-19(29-18-9-7-6-8-10-18)12-11-17(20)14-21(24)22(25)27-5-2/h6-12,15-16,21H,4-5,13-14H2,1-3H3. The second-order valence-electron chi connectivity index (χ2n) is 6.95. The molecule has 0 saturated heterocycles. The molecule has 0 aliphatic carbocycles. The molecule has 6 nitrogen and oxygen atoms in total. The highest BCUT2D eigenvalue weighted by Crippen LogP contribution is 2.37. The fraction of sp³-hybridized carbons (Fsp3) is 0.391.